The van der Waals surface area contributed by atoms with Crippen LogP contribution in [0.1, 0.15) is 78.1 Å². The van der Waals surface area contributed by atoms with Gasteiger partial charge in [0.1, 0.15) is 0 Å². The Labute approximate surface area is 95.5 Å². The lowest BCUT2D eigenvalue weighted by Crippen LogP contribution is -1.83. The summed E-state index contributed by atoms with van der Waals surface area (Å²) in [5, 5.41) is 0. The zero-order chi connectivity index (χ0) is 10.9. The van der Waals surface area contributed by atoms with Crippen LogP contribution < -0.4 is 0 Å². The molecule has 86 valence electrons. The number of allylic oxidation sites excluding steroid dienone is 1. The molecule has 0 nitrogen and oxygen atoms in total. The maximum atomic E-state index is 3.65. The molecule has 0 bridgehead atoms. The SMILES string of the molecule is CCCC(C)=C=C1CCCCCCCC1. The Kier molecular flexibility index (Phi) is 6.52. The van der Waals surface area contributed by atoms with Crippen LogP contribution in [0.5, 0.6) is 0 Å². The summed E-state index contributed by atoms with van der Waals surface area (Å²) >= 11 is 0. The molecule has 0 N–H and O–H groups in total. The minimum absolute atomic E-state index is 1.23. The average Bonchev–Trinajstić information content (AvgIpc) is 2.32. The molecule has 1 fully saturated rings. The average molecular weight is 206 g/mol. The summed E-state index contributed by atoms with van der Waals surface area (Å²) in [5.74, 6) is 0. The molecule has 0 saturated heterocycles. The van der Waals surface area contributed by atoms with E-state index >= 15 is 0 Å². The van der Waals surface area contributed by atoms with Crippen LogP contribution in [0.2, 0.25) is 0 Å². The number of rotatable bonds is 2. The second kappa shape index (κ2) is 7.77. The highest BCUT2D eigenvalue weighted by molar-refractivity contribution is 5.08. The zero-order valence-electron chi connectivity index (χ0n) is 10.6. The molecule has 0 amide bonds. The van der Waals surface area contributed by atoms with Crippen molar-refractivity contribution < 1.29 is 0 Å². The predicted molar refractivity (Wildman–Crippen MR) is 68.1 cm³/mol. The molecule has 0 aromatic carbocycles. The van der Waals surface area contributed by atoms with Crippen LogP contribution in [0.15, 0.2) is 16.9 Å². The third-order valence-corrected chi connectivity index (χ3v) is 3.22. The summed E-state index contributed by atoms with van der Waals surface area (Å²) < 4.78 is 0. The summed E-state index contributed by atoms with van der Waals surface area (Å²) in [6.45, 7) is 4.49. The predicted octanol–water partition coefficient (Wildman–Crippen LogP) is 5.39. The lowest BCUT2D eigenvalue weighted by Gasteiger charge is -2.02. The van der Waals surface area contributed by atoms with Crippen molar-refractivity contribution in [2.75, 3.05) is 0 Å². The van der Waals surface area contributed by atoms with E-state index < -0.39 is 0 Å². The van der Waals surface area contributed by atoms with Crippen LogP contribution >= 0.6 is 0 Å². The number of hydrogen-bond donors (Lipinski definition) is 0. The number of hydrogen-bond acceptors (Lipinski definition) is 0. The molecule has 15 heavy (non-hydrogen) atoms. The van der Waals surface area contributed by atoms with Crippen molar-refractivity contribution in [3.63, 3.8) is 0 Å². The van der Waals surface area contributed by atoms with Crippen molar-refractivity contribution in [3.05, 3.63) is 16.9 Å². The Morgan fingerprint density at radius 3 is 2.07 bits per heavy atom. The molecular formula is C15H26. The van der Waals surface area contributed by atoms with Gasteiger partial charge in [-0.1, -0.05) is 39.0 Å². The largest absolute Gasteiger partial charge is 0.123 e. The minimum Gasteiger partial charge on any atom is -0.123 e. The summed E-state index contributed by atoms with van der Waals surface area (Å²) in [6, 6.07) is 0. The van der Waals surface area contributed by atoms with Crippen molar-refractivity contribution in [1.29, 1.82) is 0 Å². The van der Waals surface area contributed by atoms with E-state index in [4.69, 9.17) is 0 Å². The molecule has 0 aliphatic heterocycles. The van der Waals surface area contributed by atoms with Gasteiger partial charge in [0.2, 0.25) is 0 Å². The molecule has 0 spiro atoms. The molecule has 1 aliphatic carbocycles. The maximum Gasteiger partial charge on any atom is -0.0244 e. The molecule has 1 rings (SSSR count). The van der Waals surface area contributed by atoms with Gasteiger partial charge < -0.3 is 0 Å². The van der Waals surface area contributed by atoms with E-state index in [9.17, 15) is 0 Å². The Hall–Kier alpha value is -0.480. The first-order chi connectivity index (χ1) is 7.33. The molecule has 0 atom stereocenters. The Morgan fingerprint density at radius 2 is 1.53 bits per heavy atom. The van der Waals surface area contributed by atoms with Crippen molar-refractivity contribution in [1.82, 2.24) is 0 Å². The minimum atomic E-state index is 1.23. The van der Waals surface area contributed by atoms with Crippen LogP contribution in [0.3, 0.4) is 0 Å². The normalized spacial score (nSPS) is 18.7. The molecule has 0 radical (unpaired) electrons. The summed E-state index contributed by atoms with van der Waals surface area (Å²) in [5.41, 5.74) is 6.71. The van der Waals surface area contributed by atoms with Gasteiger partial charge in [-0.05, 0) is 50.2 Å². The molecular weight excluding hydrogens is 180 g/mol. The van der Waals surface area contributed by atoms with Gasteiger partial charge in [-0.2, -0.15) is 0 Å². The van der Waals surface area contributed by atoms with Gasteiger partial charge in [-0.3, -0.25) is 0 Å². The quantitative estimate of drug-likeness (QED) is 0.531. The van der Waals surface area contributed by atoms with E-state index in [0.29, 0.717) is 0 Å². The van der Waals surface area contributed by atoms with Crippen molar-refractivity contribution >= 4 is 0 Å². The van der Waals surface area contributed by atoms with E-state index in [1.165, 1.54) is 69.8 Å². The van der Waals surface area contributed by atoms with Crippen LogP contribution in [-0.4, -0.2) is 0 Å². The van der Waals surface area contributed by atoms with E-state index in [1.807, 2.05) is 0 Å². The fourth-order valence-electron chi connectivity index (χ4n) is 2.37. The van der Waals surface area contributed by atoms with E-state index in [1.54, 1.807) is 5.57 Å². The van der Waals surface area contributed by atoms with Crippen molar-refractivity contribution in [3.8, 4) is 0 Å². The van der Waals surface area contributed by atoms with Gasteiger partial charge >= 0.3 is 0 Å². The van der Waals surface area contributed by atoms with E-state index in [2.05, 4.69) is 19.6 Å². The molecule has 0 unspecified atom stereocenters. The highest BCUT2D eigenvalue weighted by atomic mass is 14.1. The van der Waals surface area contributed by atoms with Gasteiger partial charge in [0, 0.05) is 0 Å². The molecule has 0 heterocycles. The summed E-state index contributed by atoms with van der Waals surface area (Å²) in [7, 11) is 0. The third kappa shape index (κ3) is 5.85. The topological polar surface area (TPSA) is 0 Å². The summed E-state index contributed by atoms with van der Waals surface area (Å²) in [4.78, 5) is 0. The fourth-order valence-corrected chi connectivity index (χ4v) is 2.37. The second-order valence-corrected chi connectivity index (χ2v) is 4.88. The van der Waals surface area contributed by atoms with Crippen molar-refractivity contribution in [2.45, 2.75) is 78.1 Å². The highest BCUT2D eigenvalue weighted by Crippen LogP contribution is 2.21. The van der Waals surface area contributed by atoms with Crippen molar-refractivity contribution in [2.24, 2.45) is 0 Å². The third-order valence-electron chi connectivity index (χ3n) is 3.22. The van der Waals surface area contributed by atoms with Crippen LogP contribution in [-0.2, 0) is 0 Å². The van der Waals surface area contributed by atoms with Gasteiger partial charge in [0.25, 0.3) is 0 Å². The molecule has 0 aromatic heterocycles. The first-order valence-electron chi connectivity index (χ1n) is 6.77. The Bertz CT molecular complexity index is 216. The Morgan fingerprint density at radius 1 is 1.00 bits per heavy atom. The van der Waals surface area contributed by atoms with Gasteiger partial charge in [-0.25, -0.2) is 0 Å². The lowest BCUT2D eigenvalue weighted by atomic mass is 10.0. The van der Waals surface area contributed by atoms with E-state index in [-0.39, 0.29) is 0 Å². The highest BCUT2D eigenvalue weighted by Gasteiger charge is 2.02. The van der Waals surface area contributed by atoms with Gasteiger partial charge in [-0.15, -0.1) is 5.73 Å². The van der Waals surface area contributed by atoms with Crippen LogP contribution in [0, 0.1) is 0 Å². The van der Waals surface area contributed by atoms with Crippen LogP contribution in [0.4, 0.5) is 0 Å². The Balaban J connectivity index is 2.58. The first-order valence-corrected chi connectivity index (χ1v) is 6.77. The van der Waals surface area contributed by atoms with E-state index in [0.717, 1.165) is 0 Å². The molecule has 0 aromatic rings. The van der Waals surface area contributed by atoms with Crippen LogP contribution in [0.25, 0.3) is 0 Å². The smallest absolute Gasteiger partial charge is 0.0244 e. The maximum absolute atomic E-state index is 3.65. The van der Waals surface area contributed by atoms with Gasteiger partial charge in [0.15, 0.2) is 0 Å². The zero-order valence-corrected chi connectivity index (χ0v) is 10.6. The van der Waals surface area contributed by atoms with Gasteiger partial charge in [0.05, 0.1) is 0 Å². The fraction of sp³-hybridized carbons (Fsp3) is 0.800. The first kappa shape index (κ1) is 12.6. The standard InChI is InChI=1S/C15H26/c1-3-10-14(2)13-15-11-8-6-4-5-7-9-12-15/h3-12H2,1-2H3. The molecule has 0 heteroatoms. The second-order valence-electron chi connectivity index (χ2n) is 4.88. The summed E-state index contributed by atoms with van der Waals surface area (Å²) in [6.07, 6.45) is 13.6. The molecule has 1 saturated carbocycles. The monoisotopic (exact) mass is 206 g/mol. The lowest BCUT2D eigenvalue weighted by molar-refractivity contribution is 0.624. The molecule has 1 aliphatic rings.